The first-order valence-electron chi connectivity index (χ1n) is 8.12. The zero-order valence-corrected chi connectivity index (χ0v) is 12.8. The van der Waals surface area contributed by atoms with Gasteiger partial charge in [0.15, 0.2) is 5.78 Å². The Labute approximate surface area is 126 Å². The number of aromatic nitrogens is 1. The summed E-state index contributed by atoms with van der Waals surface area (Å²) < 4.78 is 0. The first-order valence-corrected chi connectivity index (χ1v) is 8.12. The van der Waals surface area contributed by atoms with Crippen molar-refractivity contribution in [1.82, 2.24) is 9.88 Å². The fourth-order valence-electron chi connectivity index (χ4n) is 3.33. The fourth-order valence-corrected chi connectivity index (χ4v) is 3.33. The van der Waals surface area contributed by atoms with Crippen LogP contribution in [0.15, 0.2) is 30.5 Å². The molecule has 3 heteroatoms. The molecule has 0 bridgehead atoms. The summed E-state index contributed by atoms with van der Waals surface area (Å²) >= 11 is 0. The second kappa shape index (κ2) is 6.44. The molecule has 21 heavy (non-hydrogen) atoms. The maximum Gasteiger partial charge on any atom is 0.181 e. The number of likely N-dealkylation sites (tertiary alicyclic amines) is 1. The molecule has 0 radical (unpaired) electrons. The van der Waals surface area contributed by atoms with Crippen molar-refractivity contribution in [3.05, 3.63) is 36.0 Å². The summed E-state index contributed by atoms with van der Waals surface area (Å²) in [5.74, 6) is 0.244. The summed E-state index contributed by atoms with van der Waals surface area (Å²) in [4.78, 5) is 18.4. The van der Waals surface area contributed by atoms with Gasteiger partial charge in [-0.15, -0.1) is 0 Å². The number of aromatic amines is 1. The molecular weight excluding hydrogens is 260 g/mol. The van der Waals surface area contributed by atoms with Crippen molar-refractivity contribution in [2.45, 2.75) is 45.1 Å². The molecule has 1 saturated heterocycles. The van der Waals surface area contributed by atoms with Crippen molar-refractivity contribution in [2.24, 2.45) is 0 Å². The average molecular weight is 284 g/mol. The Morgan fingerprint density at radius 2 is 1.76 bits per heavy atom. The van der Waals surface area contributed by atoms with Gasteiger partial charge in [-0.3, -0.25) is 9.69 Å². The van der Waals surface area contributed by atoms with Gasteiger partial charge in [-0.2, -0.15) is 0 Å². The van der Waals surface area contributed by atoms with Crippen LogP contribution in [0.4, 0.5) is 0 Å². The Morgan fingerprint density at radius 3 is 2.52 bits per heavy atom. The van der Waals surface area contributed by atoms with Gasteiger partial charge in [0.1, 0.15) is 0 Å². The van der Waals surface area contributed by atoms with Gasteiger partial charge in [-0.05, 0) is 38.9 Å². The Kier molecular flexibility index (Phi) is 4.39. The predicted octanol–water partition coefficient (Wildman–Crippen LogP) is 4.01. The van der Waals surface area contributed by atoms with Crippen molar-refractivity contribution in [1.29, 1.82) is 0 Å². The van der Waals surface area contributed by atoms with Gasteiger partial charge in [0.25, 0.3) is 0 Å². The number of nitrogens with zero attached hydrogens (tertiary/aromatic N) is 1. The van der Waals surface area contributed by atoms with E-state index in [4.69, 9.17) is 0 Å². The molecule has 1 aromatic heterocycles. The van der Waals surface area contributed by atoms with E-state index >= 15 is 0 Å². The third-order valence-electron chi connectivity index (χ3n) is 4.67. The summed E-state index contributed by atoms with van der Waals surface area (Å²) in [5.41, 5.74) is 1.88. The lowest BCUT2D eigenvalue weighted by molar-refractivity contribution is 0.0827. The van der Waals surface area contributed by atoms with Gasteiger partial charge in [0.05, 0.1) is 6.04 Å². The van der Waals surface area contributed by atoms with Crippen LogP contribution in [0.25, 0.3) is 10.9 Å². The van der Waals surface area contributed by atoms with Gasteiger partial charge in [0, 0.05) is 22.7 Å². The average Bonchev–Trinajstić information content (AvgIpc) is 2.89. The van der Waals surface area contributed by atoms with Gasteiger partial charge in [0.2, 0.25) is 0 Å². The second-order valence-corrected chi connectivity index (χ2v) is 6.09. The quantitative estimate of drug-likeness (QED) is 0.865. The molecule has 0 amide bonds. The van der Waals surface area contributed by atoms with Crippen LogP contribution < -0.4 is 0 Å². The minimum Gasteiger partial charge on any atom is -0.360 e. The summed E-state index contributed by atoms with van der Waals surface area (Å²) in [6, 6.07) is 8.01. The topological polar surface area (TPSA) is 36.1 Å². The SMILES string of the molecule is C[C@@H](C(=O)c1c[nH]c2ccccc12)N1CCCCCCC1. The number of carbonyl (C=O) groups excluding carboxylic acids is 1. The number of ketones is 1. The van der Waals surface area contributed by atoms with Crippen molar-refractivity contribution in [3.8, 4) is 0 Å². The minimum atomic E-state index is -0.0256. The molecule has 1 fully saturated rings. The van der Waals surface area contributed by atoms with Gasteiger partial charge >= 0.3 is 0 Å². The third-order valence-corrected chi connectivity index (χ3v) is 4.67. The van der Waals surface area contributed by atoms with Gasteiger partial charge in [-0.25, -0.2) is 0 Å². The zero-order valence-electron chi connectivity index (χ0n) is 12.8. The molecule has 1 aliphatic rings. The molecule has 0 aliphatic carbocycles. The number of H-pyrrole nitrogens is 1. The van der Waals surface area contributed by atoms with Crippen LogP contribution in [-0.4, -0.2) is 34.8 Å². The number of para-hydroxylation sites is 1. The molecule has 2 aromatic rings. The summed E-state index contributed by atoms with van der Waals surface area (Å²) in [6.45, 7) is 4.16. The number of fused-ring (bicyclic) bond motifs is 1. The number of hydrogen-bond donors (Lipinski definition) is 1. The molecule has 1 atom stereocenters. The number of hydrogen-bond acceptors (Lipinski definition) is 2. The molecule has 0 spiro atoms. The highest BCUT2D eigenvalue weighted by molar-refractivity contribution is 6.10. The summed E-state index contributed by atoms with van der Waals surface area (Å²) in [5, 5.41) is 1.04. The second-order valence-electron chi connectivity index (χ2n) is 6.09. The van der Waals surface area contributed by atoms with E-state index in [1.807, 2.05) is 30.5 Å². The first kappa shape index (κ1) is 14.3. The van der Waals surface area contributed by atoms with E-state index in [-0.39, 0.29) is 11.8 Å². The van der Waals surface area contributed by atoms with E-state index in [0.717, 1.165) is 29.6 Å². The lowest BCUT2D eigenvalue weighted by Crippen LogP contribution is -2.40. The van der Waals surface area contributed by atoms with Crippen molar-refractivity contribution in [3.63, 3.8) is 0 Å². The lowest BCUT2D eigenvalue weighted by Gasteiger charge is -2.29. The van der Waals surface area contributed by atoms with E-state index in [2.05, 4.69) is 16.8 Å². The van der Waals surface area contributed by atoms with Crippen molar-refractivity contribution < 1.29 is 4.79 Å². The van der Waals surface area contributed by atoms with E-state index in [9.17, 15) is 4.79 Å². The van der Waals surface area contributed by atoms with Crippen LogP contribution in [0, 0.1) is 0 Å². The van der Waals surface area contributed by atoms with E-state index < -0.39 is 0 Å². The lowest BCUT2D eigenvalue weighted by atomic mass is 10.0. The van der Waals surface area contributed by atoms with Crippen LogP contribution in [0.5, 0.6) is 0 Å². The molecule has 112 valence electrons. The van der Waals surface area contributed by atoms with Gasteiger partial charge in [-0.1, -0.05) is 37.5 Å². The van der Waals surface area contributed by atoms with Crippen LogP contribution in [0.1, 0.15) is 49.4 Å². The fraction of sp³-hybridized carbons (Fsp3) is 0.500. The monoisotopic (exact) mass is 284 g/mol. The third kappa shape index (κ3) is 3.03. The molecule has 1 aliphatic heterocycles. The Bertz CT molecular complexity index is 608. The zero-order chi connectivity index (χ0) is 14.7. The largest absolute Gasteiger partial charge is 0.360 e. The van der Waals surface area contributed by atoms with E-state index in [1.54, 1.807) is 0 Å². The number of Topliss-reactive ketones (excluding diaryl/α,β-unsaturated/α-hetero) is 1. The summed E-state index contributed by atoms with van der Waals surface area (Å²) in [6.07, 6.45) is 8.23. The highest BCUT2D eigenvalue weighted by atomic mass is 16.1. The van der Waals surface area contributed by atoms with Crippen LogP contribution in [-0.2, 0) is 0 Å². The smallest absolute Gasteiger partial charge is 0.181 e. The molecule has 0 saturated carbocycles. The number of carbonyl (C=O) groups is 1. The molecular formula is C18H24N2O. The molecule has 0 unspecified atom stereocenters. The van der Waals surface area contributed by atoms with Crippen LogP contribution >= 0.6 is 0 Å². The van der Waals surface area contributed by atoms with Gasteiger partial charge < -0.3 is 4.98 Å². The molecule has 1 aromatic carbocycles. The molecule has 3 rings (SSSR count). The van der Waals surface area contributed by atoms with Crippen LogP contribution in [0.2, 0.25) is 0 Å². The molecule has 2 heterocycles. The molecule has 3 nitrogen and oxygen atoms in total. The first-order chi connectivity index (χ1) is 10.3. The van der Waals surface area contributed by atoms with Crippen molar-refractivity contribution >= 4 is 16.7 Å². The maximum absolute atomic E-state index is 12.9. The Morgan fingerprint density at radius 1 is 1.10 bits per heavy atom. The highest BCUT2D eigenvalue weighted by Crippen LogP contribution is 2.21. The number of nitrogens with one attached hydrogen (secondary N) is 1. The predicted molar refractivity (Wildman–Crippen MR) is 86.7 cm³/mol. The van der Waals surface area contributed by atoms with Crippen LogP contribution in [0.3, 0.4) is 0 Å². The van der Waals surface area contributed by atoms with Crippen molar-refractivity contribution in [2.75, 3.05) is 13.1 Å². The highest BCUT2D eigenvalue weighted by Gasteiger charge is 2.24. The standard InChI is InChI=1S/C18H24N2O/c1-14(20-11-7-3-2-4-8-12-20)18(21)16-13-19-17-10-6-5-9-15(16)17/h5-6,9-10,13-14,19H,2-4,7-8,11-12H2,1H3/t14-/m0/s1. The maximum atomic E-state index is 12.9. The minimum absolute atomic E-state index is 0.0256. The normalized spacial score (nSPS) is 19.1. The molecule has 1 N–H and O–H groups in total. The Hall–Kier alpha value is -1.61. The number of benzene rings is 1. The van der Waals surface area contributed by atoms with E-state index in [0.29, 0.717) is 0 Å². The summed E-state index contributed by atoms with van der Waals surface area (Å²) in [7, 11) is 0. The number of rotatable bonds is 3. The Balaban J connectivity index is 1.80. The van der Waals surface area contributed by atoms with E-state index in [1.165, 1.54) is 32.1 Å².